The van der Waals surface area contributed by atoms with E-state index in [4.69, 9.17) is 5.73 Å². The zero-order chi connectivity index (χ0) is 11.5. The molecule has 0 atom stereocenters. The summed E-state index contributed by atoms with van der Waals surface area (Å²) in [5, 5.41) is 9.84. The fraction of sp³-hybridized carbons (Fsp3) is 0.222. The average Bonchev–Trinajstić information content (AvgIpc) is 2.66. The third-order valence-electron chi connectivity index (χ3n) is 1.72. The van der Waals surface area contributed by atoms with E-state index >= 15 is 0 Å². The number of pyridine rings is 1. The fourth-order valence-electron chi connectivity index (χ4n) is 1.00. The van der Waals surface area contributed by atoms with Gasteiger partial charge in [0.2, 0.25) is 5.13 Å². The van der Waals surface area contributed by atoms with E-state index in [9.17, 15) is 0 Å². The maximum atomic E-state index is 5.60. The van der Waals surface area contributed by atoms with E-state index < -0.39 is 0 Å². The zero-order valence-corrected chi connectivity index (χ0v) is 10.5. The molecule has 0 aliphatic rings. The highest BCUT2D eigenvalue weighted by Gasteiger charge is 2.07. The average molecular weight is 253 g/mol. The van der Waals surface area contributed by atoms with Crippen LogP contribution in [0.3, 0.4) is 0 Å². The molecule has 0 aliphatic carbocycles. The first-order valence-electron chi connectivity index (χ1n) is 4.56. The van der Waals surface area contributed by atoms with Crippen LogP contribution < -0.4 is 10.6 Å². The number of nitrogens with two attached hydrogens (primary N) is 1. The van der Waals surface area contributed by atoms with Gasteiger partial charge in [-0.1, -0.05) is 17.4 Å². The summed E-state index contributed by atoms with van der Waals surface area (Å²) in [7, 11) is 3.88. The first kappa shape index (κ1) is 11.2. The van der Waals surface area contributed by atoms with Gasteiger partial charge in [0.15, 0.2) is 4.34 Å². The normalized spacial score (nSPS) is 10.4. The molecule has 2 aromatic rings. The number of hydrogen-bond acceptors (Lipinski definition) is 7. The van der Waals surface area contributed by atoms with Gasteiger partial charge in [0.1, 0.15) is 10.8 Å². The molecule has 84 valence electrons. The lowest BCUT2D eigenvalue weighted by molar-refractivity contribution is 0.970. The Bertz CT molecular complexity index is 482. The van der Waals surface area contributed by atoms with Crippen LogP contribution >= 0.6 is 23.1 Å². The number of rotatable bonds is 3. The highest BCUT2D eigenvalue weighted by atomic mass is 32.2. The largest absolute Gasteiger partial charge is 0.384 e. The Hall–Kier alpha value is -1.34. The molecule has 0 radical (unpaired) electrons. The summed E-state index contributed by atoms with van der Waals surface area (Å²) in [5.41, 5.74) is 5.60. The summed E-state index contributed by atoms with van der Waals surface area (Å²) in [5.74, 6) is 0.516. The van der Waals surface area contributed by atoms with Crippen LogP contribution in [0, 0.1) is 0 Å². The third kappa shape index (κ3) is 2.61. The van der Waals surface area contributed by atoms with E-state index in [1.165, 1.54) is 23.1 Å². The van der Waals surface area contributed by atoms with E-state index in [0.717, 1.165) is 14.5 Å². The first-order valence-corrected chi connectivity index (χ1v) is 6.19. The van der Waals surface area contributed by atoms with Crippen LogP contribution in [-0.2, 0) is 0 Å². The molecule has 0 aliphatic heterocycles. The molecule has 2 aromatic heterocycles. The fourth-order valence-corrected chi connectivity index (χ4v) is 2.71. The number of hydrogen-bond donors (Lipinski definition) is 1. The van der Waals surface area contributed by atoms with Crippen LogP contribution in [0.15, 0.2) is 27.6 Å². The molecule has 0 bridgehead atoms. The van der Waals surface area contributed by atoms with Crippen LogP contribution in [0.1, 0.15) is 0 Å². The van der Waals surface area contributed by atoms with Gasteiger partial charge in [-0.25, -0.2) is 4.98 Å². The van der Waals surface area contributed by atoms with Crippen LogP contribution in [0.5, 0.6) is 0 Å². The van der Waals surface area contributed by atoms with Gasteiger partial charge in [0, 0.05) is 14.1 Å². The van der Waals surface area contributed by atoms with Crippen molar-refractivity contribution in [2.45, 2.75) is 9.37 Å². The minimum absolute atomic E-state index is 0.516. The standard InChI is InChI=1S/C9H11N5S2/c1-14(2)8-12-13-9(16-8)15-7-5-3-4-6(10)11-7/h3-5H,1-2H3,(H2,10,11). The van der Waals surface area contributed by atoms with Gasteiger partial charge >= 0.3 is 0 Å². The van der Waals surface area contributed by atoms with E-state index in [2.05, 4.69) is 15.2 Å². The minimum Gasteiger partial charge on any atom is -0.384 e. The van der Waals surface area contributed by atoms with Gasteiger partial charge in [-0.2, -0.15) is 0 Å². The smallest absolute Gasteiger partial charge is 0.208 e. The molecule has 7 heteroatoms. The molecule has 5 nitrogen and oxygen atoms in total. The molecule has 16 heavy (non-hydrogen) atoms. The summed E-state index contributed by atoms with van der Waals surface area (Å²) in [6, 6.07) is 5.53. The van der Waals surface area contributed by atoms with Crippen LogP contribution in [0.2, 0.25) is 0 Å². The second kappa shape index (κ2) is 4.67. The predicted octanol–water partition coefficient (Wildman–Crippen LogP) is 1.73. The maximum absolute atomic E-state index is 5.60. The quantitative estimate of drug-likeness (QED) is 0.898. The Morgan fingerprint density at radius 1 is 1.31 bits per heavy atom. The highest BCUT2D eigenvalue weighted by Crippen LogP contribution is 2.31. The molecule has 2 rings (SSSR count). The van der Waals surface area contributed by atoms with Crippen LogP contribution in [-0.4, -0.2) is 29.3 Å². The first-order chi connectivity index (χ1) is 7.65. The SMILES string of the molecule is CN(C)c1nnc(Sc2cccc(N)n2)s1. The van der Waals surface area contributed by atoms with Crippen LogP contribution in [0.4, 0.5) is 10.9 Å². The lowest BCUT2D eigenvalue weighted by Crippen LogP contribution is -2.07. The van der Waals surface area contributed by atoms with Crippen molar-refractivity contribution in [1.29, 1.82) is 0 Å². The molecule has 0 saturated carbocycles. The Balaban J connectivity index is 2.14. The van der Waals surface area contributed by atoms with Crippen molar-refractivity contribution in [3.63, 3.8) is 0 Å². The van der Waals surface area contributed by atoms with E-state index in [0.29, 0.717) is 5.82 Å². The summed E-state index contributed by atoms with van der Waals surface area (Å²) in [4.78, 5) is 6.11. The van der Waals surface area contributed by atoms with Crippen molar-refractivity contribution in [1.82, 2.24) is 15.2 Å². The monoisotopic (exact) mass is 253 g/mol. The van der Waals surface area contributed by atoms with E-state index in [1.54, 1.807) is 6.07 Å². The third-order valence-corrected chi connectivity index (χ3v) is 3.79. The molecule has 2 N–H and O–H groups in total. The van der Waals surface area contributed by atoms with Gasteiger partial charge in [-0.15, -0.1) is 10.2 Å². The Morgan fingerprint density at radius 2 is 2.12 bits per heavy atom. The Morgan fingerprint density at radius 3 is 2.75 bits per heavy atom. The summed E-state index contributed by atoms with van der Waals surface area (Å²) < 4.78 is 0.863. The van der Waals surface area contributed by atoms with Crippen molar-refractivity contribution >= 4 is 34.0 Å². The van der Waals surface area contributed by atoms with Gasteiger partial charge in [0.25, 0.3) is 0 Å². The van der Waals surface area contributed by atoms with Crippen LogP contribution in [0.25, 0.3) is 0 Å². The highest BCUT2D eigenvalue weighted by molar-refractivity contribution is 8.01. The number of aromatic nitrogens is 3. The van der Waals surface area contributed by atoms with Gasteiger partial charge < -0.3 is 10.6 Å². The molecule has 0 spiro atoms. The second-order valence-corrected chi connectivity index (χ2v) is 5.47. The van der Waals surface area contributed by atoms with E-state index in [-0.39, 0.29) is 0 Å². The topological polar surface area (TPSA) is 67.9 Å². The zero-order valence-electron chi connectivity index (χ0n) is 8.91. The molecule has 0 aromatic carbocycles. The summed E-state index contributed by atoms with van der Waals surface area (Å²) in [6.45, 7) is 0. The van der Waals surface area contributed by atoms with Crippen molar-refractivity contribution in [3.05, 3.63) is 18.2 Å². The van der Waals surface area contributed by atoms with Crippen molar-refractivity contribution < 1.29 is 0 Å². The van der Waals surface area contributed by atoms with Gasteiger partial charge in [0.05, 0.1) is 0 Å². The molecular weight excluding hydrogens is 242 g/mol. The molecule has 0 saturated heterocycles. The van der Waals surface area contributed by atoms with Crippen molar-refractivity contribution in [2.24, 2.45) is 0 Å². The summed E-state index contributed by atoms with van der Waals surface area (Å²) >= 11 is 2.99. The lowest BCUT2D eigenvalue weighted by atomic mass is 10.5. The molecule has 0 fully saturated rings. The maximum Gasteiger partial charge on any atom is 0.208 e. The lowest BCUT2D eigenvalue weighted by Gasteiger charge is -2.03. The number of anilines is 2. The van der Waals surface area contributed by atoms with Crippen molar-refractivity contribution in [2.75, 3.05) is 24.7 Å². The number of nitrogen functional groups attached to an aromatic ring is 1. The molecular formula is C9H11N5S2. The second-order valence-electron chi connectivity index (χ2n) is 3.25. The van der Waals surface area contributed by atoms with Gasteiger partial charge in [-0.3, -0.25) is 0 Å². The predicted molar refractivity (Wildman–Crippen MR) is 67.0 cm³/mol. The Labute approximate surface area is 102 Å². The van der Waals surface area contributed by atoms with Crippen molar-refractivity contribution in [3.8, 4) is 0 Å². The molecule has 2 heterocycles. The Kier molecular flexibility index (Phi) is 3.25. The van der Waals surface area contributed by atoms with E-state index in [1.807, 2.05) is 31.1 Å². The molecule has 0 amide bonds. The molecule has 0 unspecified atom stereocenters. The number of nitrogens with zero attached hydrogens (tertiary/aromatic N) is 4. The van der Waals surface area contributed by atoms with Gasteiger partial charge in [-0.05, 0) is 23.9 Å². The minimum atomic E-state index is 0.516. The summed E-state index contributed by atoms with van der Waals surface area (Å²) in [6.07, 6.45) is 0.